The molecular formula is C12H11BF2N2O3S. The fourth-order valence-corrected chi connectivity index (χ4v) is 2.69. The molecule has 110 valence electrons. The average Bonchev–Trinajstić information content (AvgIpc) is 2.84. The quantitative estimate of drug-likeness (QED) is 0.773. The normalized spacial score (nSPS) is 19.2. The third-order valence-electron chi connectivity index (χ3n) is 2.71. The molecule has 0 spiro atoms. The summed E-state index contributed by atoms with van der Waals surface area (Å²) in [6, 6.07) is 1.88. The van der Waals surface area contributed by atoms with Crippen LogP contribution >= 0.6 is 11.8 Å². The Bertz CT molecular complexity index is 600. The van der Waals surface area contributed by atoms with Gasteiger partial charge in [0.25, 0.3) is 5.91 Å². The van der Waals surface area contributed by atoms with Gasteiger partial charge < -0.3 is 15.6 Å². The van der Waals surface area contributed by atoms with Gasteiger partial charge in [-0.05, 0) is 12.1 Å². The highest BCUT2D eigenvalue weighted by molar-refractivity contribution is 8.14. The molecule has 1 aliphatic rings. The van der Waals surface area contributed by atoms with Gasteiger partial charge in [-0.25, -0.2) is 8.78 Å². The van der Waals surface area contributed by atoms with Gasteiger partial charge in [0, 0.05) is 11.7 Å². The first-order valence-electron chi connectivity index (χ1n) is 5.95. The smallest absolute Gasteiger partial charge is 0.254 e. The van der Waals surface area contributed by atoms with E-state index in [4.69, 9.17) is 18.3 Å². The van der Waals surface area contributed by atoms with E-state index in [-0.39, 0.29) is 0 Å². The van der Waals surface area contributed by atoms with Crippen molar-refractivity contribution in [2.45, 2.75) is 12.0 Å². The van der Waals surface area contributed by atoms with E-state index in [2.05, 4.69) is 4.99 Å². The Morgan fingerprint density at radius 3 is 2.86 bits per heavy atom. The summed E-state index contributed by atoms with van der Waals surface area (Å²) in [5, 5.41) is 9.72. The zero-order valence-corrected chi connectivity index (χ0v) is 11.6. The molecule has 2 atom stereocenters. The van der Waals surface area contributed by atoms with E-state index in [1.54, 1.807) is 0 Å². The van der Waals surface area contributed by atoms with E-state index in [0.717, 1.165) is 12.1 Å². The Morgan fingerprint density at radius 1 is 1.62 bits per heavy atom. The van der Waals surface area contributed by atoms with Crippen molar-refractivity contribution in [3.8, 4) is 5.75 Å². The highest BCUT2D eigenvalue weighted by atomic mass is 32.2. The number of hydrogen-bond acceptors (Lipinski definition) is 5. The molecule has 1 aromatic carbocycles. The summed E-state index contributed by atoms with van der Waals surface area (Å²) >= 11 is 1.27. The van der Waals surface area contributed by atoms with Crippen LogP contribution < -0.4 is 10.5 Å². The van der Waals surface area contributed by atoms with Gasteiger partial charge in [-0.1, -0.05) is 0 Å². The Kier molecular flexibility index (Phi) is 4.84. The lowest BCUT2D eigenvalue weighted by atomic mass is 10.0. The maximum absolute atomic E-state index is 14.0. The van der Waals surface area contributed by atoms with Crippen molar-refractivity contribution in [1.29, 1.82) is 0 Å². The van der Waals surface area contributed by atoms with Crippen molar-refractivity contribution < 1.29 is 23.4 Å². The van der Waals surface area contributed by atoms with Crippen molar-refractivity contribution in [1.82, 2.24) is 0 Å². The standard InChI is InChI=1S/C12H11BF2N2O3S/c13-8-4-21-12(17-8)7(3-18)20-6-2-1-5(14)9(10(6)15)11(16)19/h1-2,7-8,18H,3-4H2,(H2,16,19). The number of aliphatic imine (C=N–C) groups is 1. The molecule has 1 amide bonds. The summed E-state index contributed by atoms with van der Waals surface area (Å²) in [6.45, 7) is -0.471. The number of carbonyl (C=O) groups excluding carboxylic acids is 1. The third-order valence-corrected chi connectivity index (χ3v) is 3.88. The van der Waals surface area contributed by atoms with Crippen molar-refractivity contribution >= 4 is 30.6 Å². The first-order chi connectivity index (χ1) is 9.93. The predicted octanol–water partition coefficient (Wildman–Crippen LogP) is 0.443. The van der Waals surface area contributed by atoms with Crippen LogP contribution in [0.15, 0.2) is 17.1 Å². The summed E-state index contributed by atoms with van der Waals surface area (Å²) in [5.74, 6) is -3.83. The molecular weight excluding hydrogens is 301 g/mol. The van der Waals surface area contributed by atoms with Crippen LogP contribution in [0.5, 0.6) is 5.75 Å². The molecule has 2 radical (unpaired) electrons. The summed E-state index contributed by atoms with van der Waals surface area (Å²) in [6.07, 6.45) is -0.941. The van der Waals surface area contributed by atoms with E-state index < -0.39 is 47.5 Å². The Balaban J connectivity index is 2.28. The number of aliphatic hydroxyl groups is 1. The van der Waals surface area contributed by atoms with Gasteiger partial charge in [0.05, 0.1) is 6.61 Å². The topological polar surface area (TPSA) is 84.9 Å². The van der Waals surface area contributed by atoms with Crippen LogP contribution in [-0.4, -0.2) is 48.3 Å². The molecule has 0 bridgehead atoms. The second-order valence-electron chi connectivity index (χ2n) is 4.23. The summed E-state index contributed by atoms with van der Waals surface area (Å²) in [5.41, 5.74) is 4.03. The first kappa shape index (κ1) is 15.8. The predicted molar refractivity (Wildman–Crippen MR) is 75.8 cm³/mol. The summed E-state index contributed by atoms with van der Waals surface area (Å²) in [7, 11) is 5.59. The molecule has 2 rings (SSSR count). The van der Waals surface area contributed by atoms with Crippen molar-refractivity contribution in [2.24, 2.45) is 10.7 Å². The monoisotopic (exact) mass is 312 g/mol. The van der Waals surface area contributed by atoms with Gasteiger partial charge in [-0.3, -0.25) is 9.79 Å². The van der Waals surface area contributed by atoms with Crippen LogP contribution in [0.2, 0.25) is 0 Å². The van der Waals surface area contributed by atoms with Crippen LogP contribution in [0, 0.1) is 11.6 Å². The second-order valence-corrected chi connectivity index (χ2v) is 5.27. The number of rotatable bonds is 5. The minimum absolute atomic E-state index is 0.395. The molecule has 9 heteroatoms. The number of benzene rings is 1. The maximum atomic E-state index is 14.0. The van der Waals surface area contributed by atoms with Crippen molar-refractivity contribution in [3.05, 3.63) is 29.3 Å². The highest BCUT2D eigenvalue weighted by Gasteiger charge is 2.26. The largest absolute Gasteiger partial charge is 0.478 e. The number of ether oxygens (including phenoxy) is 1. The fraction of sp³-hybridized carbons (Fsp3) is 0.333. The molecule has 0 aliphatic carbocycles. The van der Waals surface area contributed by atoms with Gasteiger partial charge in [-0.2, -0.15) is 0 Å². The molecule has 1 aromatic rings. The SMILES string of the molecule is [B]C1CSC(C(CO)Oc2ccc(F)c(C(N)=O)c2F)=N1. The Hall–Kier alpha value is -1.61. The molecule has 2 unspecified atom stereocenters. The average molecular weight is 312 g/mol. The molecule has 1 heterocycles. The lowest BCUT2D eigenvalue weighted by Gasteiger charge is -2.17. The van der Waals surface area contributed by atoms with E-state index >= 15 is 0 Å². The third kappa shape index (κ3) is 3.35. The van der Waals surface area contributed by atoms with Gasteiger partial charge in [-0.15, -0.1) is 11.8 Å². The number of carbonyl (C=O) groups is 1. The minimum atomic E-state index is -1.24. The zero-order chi connectivity index (χ0) is 15.6. The number of amides is 1. The van der Waals surface area contributed by atoms with Crippen LogP contribution in [0.25, 0.3) is 0 Å². The number of aliphatic hydroxyl groups excluding tert-OH is 1. The number of hydrogen-bond donors (Lipinski definition) is 2. The number of thioether (sulfide) groups is 1. The lowest BCUT2D eigenvalue weighted by Crippen LogP contribution is -2.29. The molecule has 0 aromatic heterocycles. The van der Waals surface area contributed by atoms with Gasteiger partial charge in [0.2, 0.25) is 0 Å². The summed E-state index contributed by atoms with van der Waals surface area (Å²) in [4.78, 5) is 15.1. The first-order valence-corrected chi connectivity index (χ1v) is 6.94. The van der Waals surface area contributed by atoms with E-state index in [0.29, 0.717) is 10.8 Å². The number of nitrogens with zero attached hydrogens (tertiary/aromatic N) is 1. The molecule has 0 fully saturated rings. The van der Waals surface area contributed by atoms with Gasteiger partial charge in [0.15, 0.2) is 17.7 Å². The molecule has 0 saturated heterocycles. The molecule has 0 saturated carbocycles. The van der Waals surface area contributed by atoms with E-state index in [1.165, 1.54) is 11.8 Å². The van der Waals surface area contributed by atoms with E-state index in [1.807, 2.05) is 0 Å². The fourth-order valence-electron chi connectivity index (χ4n) is 1.75. The van der Waals surface area contributed by atoms with Crippen LogP contribution in [-0.2, 0) is 0 Å². The van der Waals surface area contributed by atoms with Gasteiger partial charge >= 0.3 is 0 Å². The van der Waals surface area contributed by atoms with Crippen LogP contribution in [0.3, 0.4) is 0 Å². The van der Waals surface area contributed by atoms with Crippen LogP contribution in [0.1, 0.15) is 10.4 Å². The van der Waals surface area contributed by atoms with Gasteiger partial charge in [0.1, 0.15) is 24.3 Å². The number of nitrogens with two attached hydrogens (primary N) is 1. The molecule has 5 nitrogen and oxygen atoms in total. The number of halogens is 2. The highest BCUT2D eigenvalue weighted by Crippen LogP contribution is 2.27. The van der Waals surface area contributed by atoms with E-state index in [9.17, 15) is 18.7 Å². The second kappa shape index (κ2) is 6.44. The number of primary amides is 1. The van der Waals surface area contributed by atoms with Crippen molar-refractivity contribution in [2.75, 3.05) is 12.4 Å². The molecule has 3 N–H and O–H groups in total. The Morgan fingerprint density at radius 2 is 2.33 bits per heavy atom. The lowest BCUT2D eigenvalue weighted by molar-refractivity contribution is 0.0990. The van der Waals surface area contributed by atoms with Crippen molar-refractivity contribution in [3.63, 3.8) is 0 Å². The van der Waals surface area contributed by atoms with Crippen LogP contribution in [0.4, 0.5) is 8.78 Å². The Labute approximate surface area is 125 Å². The molecule has 21 heavy (non-hydrogen) atoms. The zero-order valence-electron chi connectivity index (χ0n) is 10.8. The molecule has 1 aliphatic heterocycles. The summed E-state index contributed by atoms with van der Waals surface area (Å²) < 4.78 is 32.7. The maximum Gasteiger partial charge on any atom is 0.254 e. The minimum Gasteiger partial charge on any atom is -0.478 e.